The van der Waals surface area contributed by atoms with Crippen LogP contribution in [0.1, 0.15) is 0 Å². The maximum Gasteiger partial charge on any atom is 0.123 e. The second-order valence-electron chi connectivity index (χ2n) is 1.73. The lowest BCUT2D eigenvalue weighted by Gasteiger charge is -2.02. The van der Waals surface area contributed by atoms with Gasteiger partial charge in [0.05, 0.1) is 11.9 Å². The Balaban J connectivity index is 3.34. The molecule has 0 atom stereocenters. The summed E-state index contributed by atoms with van der Waals surface area (Å²) in [6.07, 6.45) is 1.49. The fraction of sp³-hybridized carbons (Fsp3) is 0. The predicted octanol–water partition coefficient (Wildman–Crippen LogP) is 0.716. The molecule has 0 aromatic carbocycles. The molecule has 0 aliphatic rings. The predicted molar refractivity (Wildman–Crippen MR) is 51.8 cm³/mol. The summed E-state index contributed by atoms with van der Waals surface area (Å²) in [6, 6.07) is 0. The van der Waals surface area contributed by atoms with Crippen molar-refractivity contribution in [3.8, 4) is 0 Å². The number of halogens is 2. The van der Waals surface area contributed by atoms with Crippen molar-refractivity contribution in [1.82, 2.24) is 4.98 Å². The first kappa shape index (κ1) is 8.13. The van der Waals surface area contributed by atoms with Crippen LogP contribution in [0.3, 0.4) is 0 Å². The van der Waals surface area contributed by atoms with Crippen LogP contribution in [0.4, 0.5) is 5.69 Å². The topological polar surface area (TPSA) is 38.9 Å². The molecule has 1 aromatic heterocycles. The maximum atomic E-state index is 5.59. The fourth-order valence-electron chi connectivity index (χ4n) is 0.498. The Hall–Kier alpha value is 0.0349. The molecule has 1 aromatic rings. The Bertz CT molecular complexity index is 239. The first-order chi connectivity index (χ1) is 4.63. The number of pyridine rings is 1. The van der Waals surface area contributed by atoms with Crippen LogP contribution in [0, 0.1) is 3.57 Å². The number of rotatable bonds is 0. The van der Waals surface area contributed by atoms with Gasteiger partial charge < -0.3 is 5.73 Å². The molecule has 0 unspecified atom stereocenters. The summed E-state index contributed by atoms with van der Waals surface area (Å²) in [5.74, 6) is 0. The largest absolute Gasteiger partial charge is 0.397 e. The van der Waals surface area contributed by atoms with Gasteiger partial charge >= 0.3 is 0 Å². The molecule has 2 radical (unpaired) electrons. The molecule has 2 nitrogen and oxygen atoms in total. The van der Waals surface area contributed by atoms with Crippen molar-refractivity contribution in [2.45, 2.75) is 0 Å². The summed E-state index contributed by atoms with van der Waals surface area (Å²) >= 11 is 7.61. The zero-order valence-corrected chi connectivity index (χ0v) is 7.85. The van der Waals surface area contributed by atoms with Crippen LogP contribution in [0.2, 0.25) is 5.15 Å². The standard InChI is InChI=1S/C5H3BClIN2/c6-3-4(8)2(9)1-10-5(3)7/h1H,9H2. The number of nitrogens with zero attached hydrogens (tertiary/aromatic N) is 1. The second kappa shape index (κ2) is 2.96. The highest BCUT2D eigenvalue weighted by Gasteiger charge is 2.02. The van der Waals surface area contributed by atoms with Gasteiger partial charge in [-0.1, -0.05) is 11.6 Å². The van der Waals surface area contributed by atoms with Crippen molar-refractivity contribution < 1.29 is 0 Å². The molecule has 0 aliphatic heterocycles. The molecule has 10 heavy (non-hydrogen) atoms. The Labute approximate surface area is 78.7 Å². The van der Waals surface area contributed by atoms with Gasteiger partial charge in [0.1, 0.15) is 13.0 Å². The normalized spacial score (nSPS) is 9.80. The van der Waals surface area contributed by atoms with Crippen molar-refractivity contribution >= 4 is 53.2 Å². The van der Waals surface area contributed by atoms with Crippen LogP contribution < -0.4 is 11.2 Å². The van der Waals surface area contributed by atoms with Crippen molar-refractivity contribution in [1.29, 1.82) is 0 Å². The Morgan fingerprint density at radius 3 is 2.80 bits per heavy atom. The molecule has 50 valence electrons. The number of nitrogens with two attached hydrogens (primary N) is 1. The molecule has 1 heterocycles. The monoisotopic (exact) mass is 264 g/mol. The number of aromatic nitrogens is 1. The molecule has 0 amide bonds. The minimum absolute atomic E-state index is 0.304. The van der Waals surface area contributed by atoms with E-state index in [1.54, 1.807) is 0 Å². The molecule has 0 saturated carbocycles. The highest BCUT2D eigenvalue weighted by atomic mass is 127. The summed E-state index contributed by atoms with van der Waals surface area (Å²) < 4.78 is 0.762. The molecule has 0 spiro atoms. The van der Waals surface area contributed by atoms with E-state index >= 15 is 0 Å². The van der Waals surface area contributed by atoms with Gasteiger partial charge in [0, 0.05) is 3.57 Å². The van der Waals surface area contributed by atoms with E-state index in [-0.39, 0.29) is 0 Å². The SMILES string of the molecule is [B]c1c(Cl)ncc(N)c1I. The average molecular weight is 264 g/mol. The molecular formula is C5H3BClIN2. The lowest BCUT2D eigenvalue weighted by molar-refractivity contribution is 1.34. The number of nitrogen functional groups attached to an aromatic ring is 1. The second-order valence-corrected chi connectivity index (χ2v) is 3.17. The molecule has 2 N–H and O–H groups in total. The van der Waals surface area contributed by atoms with Gasteiger partial charge in [0.25, 0.3) is 0 Å². The van der Waals surface area contributed by atoms with Crippen LogP contribution in [0.25, 0.3) is 0 Å². The van der Waals surface area contributed by atoms with Crippen molar-refractivity contribution in [2.24, 2.45) is 0 Å². The van der Waals surface area contributed by atoms with E-state index < -0.39 is 0 Å². The van der Waals surface area contributed by atoms with Crippen molar-refractivity contribution in [3.05, 3.63) is 14.9 Å². The van der Waals surface area contributed by atoms with Crippen LogP contribution >= 0.6 is 34.2 Å². The molecule has 0 saturated heterocycles. The summed E-state index contributed by atoms with van der Waals surface area (Å²) in [6.45, 7) is 0. The number of hydrogen-bond acceptors (Lipinski definition) is 2. The Morgan fingerprint density at radius 2 is 2.30 bits per heavy atom. The van der Waals surface area contributed by atoms with Gasteiger partial charge in [-0.3, -0.25) is 0 Å². The quantitative estimate of drug-likeness (QED) is 0.426. The fourth-order valence-corrected chi connectivity index (χ4v) is 1.20. The minimum Gasteiger partial charge on any atom is -0.397 e. The third-order valence-corrected chi connectivity index (χ3v) is 2.53. The van der Waals surface area contributed by atoms with E-state index in [4.69, 9.17) is 25.2 Å². The van der Waals surface area contributed by atoms with Gasteiger partial charge in [0.2, 0.25) is 0 Å². The van der Waals surface area contributed by atoms with E-state index in [0.29, 0.717) is 16.3 Å². The zero-order valence-electron chi connectivity index (χ0n) is 4.94. The summed E-state index contributed by atoms with van der Waals surface area (Å²) in [7, 11) is 5.50. The van der Waals surface area contributed by atoms with Gasteiger partial charge in [-0.2, -0.15) is 0 Å². The Kier molecular flexibility index (Phi) is 2.41. The van der Waals surface area contributed by atoms with Crippen LogP contribution in [-0.4, -0.2) is 12.8 Å². The first-order valence-corrected chi connectivity index (χ1v) is 3.93. The molecule has 0 fully saturated rings. The van der Waals surface area contributed by atoms with Gasteiger partial charge in [-0.15, -0.1) is 0 Å². The lowest BCUT2D eigenvalue weighted by atomic mass is 9.98. The van der Waals surface area contributed by atoms with E-state index in [2.05, 4.69) is 4.98 Å². The highest BCUT2D eigenvalue weighted by molar-refractivity contribution is 14.1. The van der Waals surface area contributed by atoms with Crippen LogP contribution in [-0.2, 0) is 0 Å². The maximum absolute atomic E-state index is 5.59. The minimum atomic E-state index is 0.304. The molecular weight excluding hydrogens is 261 g/mol. The van der Waals surface area contributed by atoms with Crippen molar-refractivity contribution in [3.63, 3.8) is 0 Å². The van der Waals surface area contributed by atoms with E-state index in [0.717, 1.165) is 3.57 Å². The van der Waals surface area contributed by atoms with E-state index in [1.165, 1.54) is 6.20 Å². The van der Waals surface area contributed by atoms with E-state index in [1.807, 2.05) is 22.6 Å². The van der Waals surface area contributed by atoms with Gasteiger partial charge in [0.15, 0.2) is 0 Å². The smallest absolute Gasteiger partial charge is 0.123 e. The van der Waals surface area contributed by atoms with E-state index in [9.17, 15) is 0 Å². The number of anilines is 1. The third kappa shape index (κ3) is 1.37. The summed E-state index contributed by atoms with van der Waals surface area (Å²) in [5.41, 5.74) is 6.49. The zero-order chi connectivity index (χ0) is 7.72. The average Bonchev–Trinajstić information content (AvgIpc) is 1.93. The molecule has 5 heteroatoms. The van der Waals surface area contributed by atoms with Crippen LogP contribution in [0.15, 0.2) is 6.20 Å². The molecule has 0 aliphatic carbocycles. The molecule has 0 bridgehead atoms. The molecule has 1 rings (SSSR count). The summed E-state index contributed by atoms with van der Waals surface area (Å²) in [4.78, 5) is 3.75. The Morgan fingerprint density at radius 1 is 1.70 bits per heavy atom. The highest BCUT2D eigenvalue weighted by Crippen LogP contribution is 2.12. The lowest BCUT2D eigenvalue weighted by Crippen LogP contribution is -2.13. The van der Waals surface area contributed by atoms with Crippen LogP contribution in [0.5, 0.6) is 0 Å². The van der Waals surface area contributed by atoms with Gasteiger partial charge in [-0.05, 0) is 28.1 Å². The third-order valence-electron chi connectivity index (χ3n) is 1.03. The van der Waals surface area contributed by atoms with Gasteiger partial charge in [-0.25, -0.2) is 4.98 Å². The summed E-state index contributed by atoms with van der Waals surface area (Å²) in [5, 5.41) is 0.304. The number of hydrogen-bond donors (Lipinski definition) is 1. The first-order valence-electron chi connectivity index (χ1n) is 2.48. The van der Waals surface area contributed by atoms with Crippen molar-refractivity contribution in [2.75, 3.05) is 5.73 Å².